The Balaban J connectivity index is 1.85. The number of nitrogens with zero attached hydrogens (tertiary/aromatic N) is 3. The maximum Gasteiger partial charge on any atom is 0.235 e. The Hall–Kier alpha value is -2.32. The SMILES string of the molecule is COc1ccc([C@@H](c2sc3nc(C)nn3c2O)[NH+]2C[C@H](C)C[C@H](C)C2)cc1OC. The number of aromatic nitrogens is 3. The molecule has 1 aromatic carbocycles. The van der Waals surface area contributed by atoms with Gasteiger partial charge in [-0.25, -0.2) is 4.98 Å². The first-order chi connectivity index (χ1) is 13.9. The molecule has 2 aromatic heterocycles. The van der Waals surface area contributed by atoms with Gasteiger partial charge in [-0.3, -0.25) is 0 Å². The number of rotatable bonds is 5. The minimum absolute atomic E-state index is 0.0196. The molecule has 3 heterocycles. The smallest absolute Gasteiger partial charge is 0.235 e. The Morgan fingerprint density at radius 1 is 1.17 bits per heavy atom. The van der Waals surface area contributed by atoms with Gasteiger partial charge in [0.1, 0.15) is 10.7 Å². The van der Waals surface area contributed by atoms with E-state index in [1.807, 2.05) is 19.1 Å². The van der Waals surface area contributed by atoms with Crippen LogP contribution < -0.4 is 14.4 Å². The predicted octanol–water partition coefficient (Wildman–Crippen LogP) is 2.47. The van der Waals surface area contributed by atoms with Crippen molar-refractivity contribution in [3.05, 3.63) is 34.5 Å². The summed E-state index contributed by atoms with van der Waals surface area (Å²) in [5.41, 5.74) is 1.09. The summed E-state index contributed by atoms with van der Waals surface area (Å²) in [5, 5.41) is 15.4. The van der Waals surface area contributed by atoms with Gasteiger partial charge in [0, 0.05) is 17.4 Å². The van der Waals surface area contributed by atoms with Crippen LogP contribution in [0.5, 0.6) is 17.4 Å². The van der Waals surface area contributed by atoms with Crippen molar-refractivity contribution in [2.45, 2.75) is 33.2 Å². The molecule has 0 bridgehead atoms. The van der Waals surface area contributed by atoms with Crippen LogP contribution in [0.25, 0.3) is 4.96 Å². The Morgan fingerprint density at radius 2 is 1.86 bits per heavy atom. The number of hydrogen-bond donors (Lipinski definition) is 2. The fourth-order valence-electron chi connectivity index (χ4n) is 4.71. The van der Waals surface area contributed by atoms with Gasteiger partial charge in [-0.05, 0) is 31.5 Å². The van der Waals surface area contributed by atoms with E-state index in [1.165, 1.54) is 22.7 Å². The van der Waals surface area contributed by atoms with Gasteiger partial charge in [0.05, 0.1) is 27.3 Å². The number of aromatic hydroxyl groups is 1. The molecule has 1 aliphatic heterocycles. The average Bonchev–Trinajstić information content (AvgIpc) is 3.18. The van der Waals surface area contributed by atoms with Crippen LogP contribution in [-0.2, 0) is 0 Å². The predicted molar refractivity (Wildman–Crippen MR) is 112 cm³/mol. The van der Waals surface area contributed by atoms with Crippen molar-refractivity contribution in [1.82, 2.24) is 14.6 Å². The Kier molecular flexibility index (Phi) is 5.40. The molecule has 3 aromatic rings. The van der Waals surface area contributed by atoms with Crippen LogP contribution in [0.4, 0.5) is 0 Å². The van der Waals surface area contributed by atoms with Crippen molar-refractivity contribution in [3.63, 3.8) is 0 Å². The standard InChI is InChI=1S/C21H28N4O3S/c1-12-8-13(2)11-24(10-12)18(15-6-7-16(27-4)17(9-15)28-5)19-20(26)25-21(29-19)22-14(3)23-25/h6-7,9,12-13,18,26H,8,10-11H2,1-5H3/p+1/t12-,13+,18-/m0/s1. The molecule has 8 heteroatoms. The molecule has 0 amide bonds. The Bertz CT molecular complexity index is 1000. The second kappa shape index (κ2) is 7.84. The minimum Gasteiger partial charge on any atom is -0.493 e. The van der Waals surface area contributed by atoms with Gasteiger partial charge in [0.25, 0.3) is 0 Å². The zero-order valence-corrected chi connectivity index (χ0v) is 18.4. The zero-order valence-electron chi connectivity index (χ0n) is 17.6. The summed E-state index contributed by atoms with van der Waals surface area (Å²) in [6.07, 6.45) is 1.24. The van der Waals surface area contributed by atoms with E-state index in [0.717, 1.165) is 28.5 Å². The van der Waals surface area contributed by atoms with Gasteiger partial charge in [0.15, 0.2) is 17.5 Å². The summed E-state index contributed by atoms with van der Waals surface area (Å²) in [6, 6.07) is 6.02. The summed E-state index contributed by atoms with van der Waals surface area (Å²) in [6.45, 7) is 8.56. The number of likely N-dealkylation sites (tertiary alicyclic amines) is 1. The summed E-state index contributed by atoms with van der Waals surface area (Å²) < 4.78 is 12.5. The van der Waals surface area contributed by atoms with E-state index in [2.05, 4.69) is 30.0 Å². The molecule has 4 atom stereocenters. The van der Waals surface area contributed by atoms with Gasteiger partial charge in [-0.1, -0.05) is 25.2 Å². The number of aryl methyl sites for hydroxylation is 1. The maximum absolute atomic E-state index is 11.0. The number of quaternary nitrogens is 1. The number of piperidine rings is 1. The molecule has 156 valence electrons. The van der Waals surface area contributed by atoms with E-state index in [4.69, 9.17) is 9.47 Å². The van der Waals surface area contributed by atoms with E-state index in [1.54, 1.807) is 18.7 Å². The third kappa shape index (κ3) is 3.67. The number of nitrogens with one attached hydrogen (secondary N) is 1. The number of hydrogen-bond acceptors (Lipinski definition) is 6. The molecule has 4 rings (SSSR count). The lowest BCUT2D eigenvalue weighted by molar-refractivity contribution is -0.936. The van der Waals surface area contributed by atoms with Crippen LogP contribution in [0, 0.1) is 18.8 Å². The van der Waals surface area contributed by atoms with Gasteiger partial charge >= 0.3 is 0 Å². The van der Waals surface area contributed by atoms with Crippen LogP contribution in [0.3, 0.4) is 0 Å². The zero-order chi connectivity index (χ0) is 20.7. The van der Waals surface area contributed by atoms with E-state index < -0.39 is 0 Å². The molecule has 29 heavy (non-hydrogen) atoms. The molecule has 0 aliphatic carbocycles. The highest BCUT2D eigenvalue weighted by atomic mass is 32.1. The normalized spacial score (nSPS) is 23.3. The molecule has 1 unspecified atom stereocenters. The topological polar surface area (TPSA) is 73.3 Å². The average molecular weight is 418 g/mol. The number of benzene rings is 1. The Morgan fingerprint density at radius 3 is 2.48 bits per heavy atom. The van der Waals surface area contributed by atoms with Crippen LogP contribution in [-0.4, -0.2) is 47.0 Å². The molecule has 1 saturated heterocycles. The van der Waals surface area contributed by atoms with E-state index in [9.17, 15) is 5.11 Å². The second-order valence-corrected chi connectivity index (χ2v) is 9.21. The molecule has 0 radical (unpaired) electrons. The number of thiazole rings is 1. The highest BCUT2D eigenvalue weighted by Gasteiger charge is 2.37. The molecule has 7 nitrogen and oxygen atoms in total. The molecule has 0 spiro atoms. The first kappa shape index (κ1) is 20.0. The van der Waals surface area contributed by atoms with Crippen molar-refractivity contribution < 1.29 is 19.5 Å². The van der Waals surface area contributed by atoms with Crippen molar-refractivity contribution in [3.8, 4) is 17.4 Å². The third-order valence-electron chi connectivity index (χ3n) is 5.74. The monoisotopic (exact) mass is 417 g/mol. The summed E-state index contributed by atoms with van der Waals surface area (Å²) >= 11 is 1.51. The fraction of sp³-hybridized carbons (Fsp3) is 0.524. The molecule has 0 saturated carbocycles. The highest BCUT2D eigenvalue weighted by molar-refractivity contribution is 7.17. The van der Waals surface area contributed by atoms with Gasteiger partial charge in [-0.15, -0.1) is 5.10 Å². The van der Waals surface area contributed by atoms with Gasteiger partial charge in [-0.2, -0.15) is 4.52 Å². The number of fused-ring (bicyclic) bond motifs is 1. The Labute approximate surface area is 174 Å². The molecular weight excluding hydrogens is 388 g/mol. The molecule has 1 fully saturated rings. The molecular formula is C21H29N4O3S+. The fourth-order valence-corrected chi connectivity index (χ4v) is 5.90. The van der Waals surface area contributed by atoms with Crippen LogP contribution in [0.1, 0.15) is 42.6 Å². The first-order valence-electron chi connectivity index (χ1n) is 10.0. The molecule has 1 aliphatic rings. The summed E-state index contributed by atoms with van der Waals surface area (Å²) in [4.78, 5) is 7.52. The van der Waals surface area contributed by atoms with Crippen LogP contribution in [0.2, 0.25) is 0 Å². The first-order valence-corrected chi connectivity index (χ1v) is 10.8. The van der Waals surface area contributed by atoms with E-state index in [0.29, 0.717) is 29.2 Å². The van der Waals surface area contributed by atoms with Crippen molar-refractivity contribution in [2.75, 3.05) is 27.3 Å². The highest BCUT2D eigenvalue weighted by Crippen LogP contribution is 2.38. The lowest BCUT2D eigenvalue weighted by atomic mass is 9.89. The minimum atomic E-state index is -0.0196. The summed E-state index contributed by atoms with van der Waals surface area (Å²) in [7, 11) is 3.29. The quantitative estimate of drug-likeness (QED) is 0.667. The lowest BCUT2D eigenvalue weighted by Crippen LogP contribution is -3.14. The van der Waals surface area contributed by atoms with Gasteiger partial charge in [0.2, 0.25) is 10.8 Å². The van der Waals surface area contributed by atoms with Crippen molar-refractivity contribution >= 4 is 16.3 Å². The second-order valence-electron chi connectivity index (χ2n) is 8.20. The third-order valence-corrected chi connectivity index (χ3v) is 6.83. The van der Waals surface area contributed by atoms with Crippen molar-refractivity contribution in [1.29, 1.82) is 0 Å². The summed E-state index contributed by atoms with van der Waals surface area (Å²) in [5.74, 6) is 3.50. The number of methoxy groups -OCH3 is 2. The maximum atomic E-state index is 11.0. The lowest BCUT2D eigenvalue weighted by Gasteiger charge is -2.37. The van der Waals surface area contributed by atoms with Crippen LogP contribution in [0.15, 0.2) is 18.2 Å². The van der Waals surface area contributed by atoms with Crippen LogP contribution >= 0.6 is 11.3 Å². The van der Waals surface area contributed by atoms with E-state index >= 15 is 0 Å². The van der Waals surface area contributed by atoms with Gasteiger partial charge < -0.3 is 19.5 Å². The largest absolute Gasteiger partial charge is 0.493 e. The molecule has 2 N–H and O–H groups in total. The number of ether oxygens (including phenoxy) is 2. The van der Waals surface area contributed by atoms with Crippen molar-refractivity contribution in [2.24, 2.45) is 11.8 Å². The van der Waals surface area contributed by atoms with E-state index in [-0.39, 0.29) is 11.9 Å².